The van der Waals surface area contributed by atoms with Gasteiger partial charge < -0.3 is 15.7 Å². The monoisotopic (exact) mass is 366 g/mol. The summed E-state index contributed by atoms with van der Waals surface area (Å²) in [7, 11) is 4.11. The molecule has 0 bridgehead atoms. The number of primary amides is 1. The number of amides is 1. The van der Waals surface area contributed by atoms with Crippen LogP contribution in [0.3, 0.4) is 0 Å². The highest BCUT2D eigenvalue weighted by atomic mass is 16.3. The topological polar surface area (TPSA) is 66.6 Å². The molecule has 0 aliphatic heterocycles. The molecule has 2 unspecified atom stereocenters. The number of likely N-dealkylation sites (N-methyl/N-ethyl adjacent to an activating group) is 1. The minimum absolute atomic E-state index is 0.186. The molecule has 3 N–H and O–H groups in total. The molecule has 0 heterocycles. The van der Waals surface area contributed by atoms with E-state index in [2.05, 4.69) is 38.1 Å². The van der Waals surface area contributed by atoms with Crippen molar-refractivity contribution in [1.82, 2.24) is 4.90 Å². The van der Waals surface area contributed by atoms with Crippen molar-refractivity contribution in [3.05, 3.63) is 65.2 Å². The molecule has 1 fully saturated rings. The third kappa shape index (κ3) is 3.46. The zero-order chi connectivity index (χ0) is 19.8. The third-order valence-electron chi connectivity index (χ3n) is 6.57. The number of carbonyl (C=O) groups is 1. The van der Waals surface area contributed by atoms with Crippen molar-refractivity contribution >= 4 is 5.91 Å². The normalized spacial score (nSPS) is 25.4. The van der Waals surface area contributed by atoms with Gasteiger partial charge in [-0.05, 0) is 69.1 Å². The van der Waals surface area contributed by atoms with Gasteiger partial charge in [-0.25, -0.2) is 0 Å². The van der Waals surface area contributed by atoms with Gasteiger partial charge in [0.05, 0.1) is 5.41 Å². The number of nitrogens with zero attached hydrogens (tertiary/aromatic N) is 1. The van der Waals surface area contributed by atoms with Crippen molar-refractivity contribution in [2.75, 3.05) is 14.1 Å². The molecule has 1 saturated carbocycles. The van der Waals surface area contributed by atoms with E-state index < -0.39 is 5.41 Å². The Morgan fingerprint density at radius 2 is 1.89 bits per heavy atom. The summed E-state index contributed by atoms with van der Waals surface area (Å²) in [5, 5.41) is 9.67. The third-order valence-corrected chi connectivity index (χ3v) is 6.57. The average Bonchev–Trinajstić information content (AvgIpc) is 3.24. The molecule has 1 amide bonds. The summed E-state index contributed by atoms with van der Waals surface area (Å²) in [6.45, 7) is 4.17. The van der Waals surface area contributed by atoms with E-state index in [4.69, 9.17) is 5.73 Å². The highest BCUT2D eigenvalue weighted by molar-refractivity contribution is 5.87. The van der Waals surface area contributed by atoms with Gasteiger partial charge in [0, 0.05) is 11.5 Å². The molecule has 4 heteroatoms. The molecule has 27 heavy (non-hydrogen) atoms. The molecular weight excluding hydrogens is 336 g/mol. The molecule has 0 spiro atoms. The van der Waals surface area contributed by atoms with E-state index in [1.165, 1.54) is 11.1 Å². The summed E-state index contributed by atoms with van der Waals surface area (Å²) in [6, 6.07) is 15.9. The van der Waals surface area contributed by atoms with Crippen LogP contribution in [-0.4, -0.2) is 36.1 Å². The second-order valence-electron chi connectivity index (χ2n) is 8.46. The number of phenols is 1. The van der Waals surface area contributed by atoms with Crippen LogP contribution in [0.1, 0.15) is 36.5 Å². The highest BCUT2D eigenvalue weighted by Crippen LogP contribution is 2.67. The first-order chi connectivity index (χ1) is 12.7. The molecule has 4 nitrogen and oxygen atoms in total. The lowest BCUT2D eigenvalue weighted by molar-refractivity contribution is -0.124. The summed E-state index contributed by atoms with van der Waals surface area (Å²) in [5.74, 6) is 0.0771. The van der Waals surface area contributed by atoms with Gasteiger partial charge in [-0.15, -0.1) is 0 Å². The van der Waals surface area contributed by atoms with Gasteiger partial charge in [0.2, 0.25) is 5.91 Å². The summed E-state index contributed by atoms with van der Waals surface area (Å²) in [5.41, 5.74) is 8.65. The first-order valence-electron chi connectivity index (χ1n) is 9.50. The maximum atomic E-state index is 12.6. The molecule has 1 aliphatic rings. The Bertz CT molecular complexity index is 834. The molecule has 144 valence electrons. The molecule has 0 aromatic heterocycles. The molecule has 1 aliphatic carbocycles. The fourth-order valence-electron chi connectivity index (χ4n) is 4.50. The van der Waals surface area contributed by atoms with Crippen molar-refractivity contribution in [3.63, 3.8) is 0 Å². The predicted octanol–water partition coefficient (Wildman–Crippen LogP) is 3.40. The number of phenolic OH excluding ortho intramolecular Hbond substituents is 1. The number of carbonyl (C=O) groups excluding carboxylic acids is 1. The summed E-state index contributed by atoms with van der Waals surface area (Å²) in [6.07, 6.45) is 2.33. The maximum absolute atomic E-state index is 12.6. The smallest absolute Gasteiger partial charge is 0.224 e. The van der Waals surface area contributed by atoms with Crippen molar-refractivity contribution in [2.24, 2.45) is 11.1 Å². The number of aryl methyl sites for hydroxylation is 1. The van der Waals surface area contributed by atoms with Gasteiger partial charge in [-0.1, -0.05) is 43.3 Å². The van der Waals surface area contributed by atoms with Crippen LogP contribution in [0.2, 0.25) is 0 Å². The summed E-state index contributed by atoms with van der Waals surface area (Å²) in [4.78, 5) is 14.7. The largest absolute Gasteiger partial charge is 0.508 e. The van der Waals surface area contributed by atoms with Gasteiger partial charge in [-0.2, -0.15) is 0 Å². The average molecular weight is 367 g/mol. The van der Waals surface area contributed by atoms with E-state index >= 15 is 0 Å². The van der Waals surface area contributed by atoms with E-state index in [0.29, 0.717) is 0 Å². The van der Waals surface area contributed by atoms with Gasteiger partial charge >= 0.3 is 0 Å². The van der Waals surface area contributed by atoms with Crippen LogP contribution in [0.4, 0.5) is 0 Å². The molecule has 3 rings (SSSR count). The lowest BCUT2D eigenvalue weighted by atomic mass is 9.81. The Kier molecular flexibility index (Phi) is 5.04. The molecule has 0 saturated heterocycles. The zero-order valence-electron chi connectivity index (χ0n) is 16.7. The van der Waals surface area contributed by atoms with E-state index in [1.54, 1.807) is 12.1 Å². The Morgan fingerprint density at radius 1 is 1.22 bits per heavy atom. The van der Waals surface area contributed by atoms with Crippen molar-refractivity contribution in [1.29, 1.82) is 0 Å². The number of nitrogens with two attached hydrogens (primary N) is 1. The Hall–Kier alpha value is -2.33. The summed E-state index contributed by atoms with van der Waals surface area (Å²) >= 11 is 0. The number of hydrogen-bond donors (Lipinski definition) is 2. The van der Waals surface area contributed by atoms with Crippen LogP contribution in [0.25, 0.3) is 0 Å². The summed E-state index contributed by atoms with van der Waals surface area (Å²) < 4.78 is 0. The number of benzene rings is 2. The Morgan fingerprint density at radius 3 is 2.44 bits per heavy atom. The molecule has 0 radical (unpaired) electrons. The highest BCUT2D eigenvalue weighted by Gasteiger charge is 2.69. The first-order valence-corrected chi connectivity index (χ1v) is 9.50. The molecule has 2 aromatic rings. The quantitative estimate of drug-likeness (QED) is 0.789. The number of rotatable bonds is 7. The second kappa shape index (κ2) is 7.01. The van der Waals surface area contributed by atoms with Gasteiger partial charge in [0.15, 0.2) is 0 Å². The second-order valence-corrected chi connectivity index (χ2v) is 8.46. The van der Waals surface area contributed by atoms with Crippen LogP contribution in [0, 0.1) is 12.3 Å². The fourth-order valence-corrected chi connectivity index (χ4v) is 4.50. The zero-order valence-corrected chi connectivity index (χ0v) is 16.7. The van der Waals surface area contributed by atoms with Crippen molar-refractivity contribution in [3.8, 4) is 5.75 Å². The van der Waals surface area contributed by atoms with E-state index in [-0.39, 0.29) is 23.1 Å². The van der Waals surface area contributed by atoms with Crippen LogP contribution < -0.4 is 5.73 Å². The predicted molar refractivity (Wildman–Crippen MR) is 109 cm³/mol. The Labute approximate surface area is 162 Å². The van der Waals surface area contributed by atoms with Gasteiger partial charge in [0.25, 0.3) is 0 Å². The van der Waals surface area contributed by atoms with E-state index in [0.717, 1.165) is 24.8 Å². The van der Waals surface area contributed by atoms with E-state index in [9.17, 15) is 9.90 Å². The SMILES string of the molecule is Cc1cc(O)ccc1C[C@@H](CC1(C(N)=O)CC1(C)c1ccccc1)N(C)C. The van der Waals surface area contributed by atoms with Crippen LogP contribution in [0.5, 0.6) is 5.75 Å². The van der Waals surface area contributed by atoms with Gasteiger partial charge in [0.1, 0.15) is 5.75 Å². The van der Waals surface area contributed by atoms with Crippen molar-refractivity contribution < 1.29 is 9.90 Å². The van der Waals surface area contributed by atoms with Gasteiger partial charge in [-0.3, -0.25) is 4.79 Å². The lowest BCUT2D eigenvalue weighted by Gasteiger charge is -2.30. The number of hydrogen-bond acceptors (Lipinski definition) is 3. The van der Waals surface area contributed by atoms with Crippen LogP contribution >= 0.6 is 0 Å². The first kappa shape index (κ1) is 19.4. The minimum atomic E-state index is -0.520. The molecular formula is C23H30N2O2. The maximum Gasteiger partial charge on any atom is 0.224 e. The van der Waals surface area contributed by atoms with E-state index in [1.807, 2.05) is 31.2 Å². The lowest BCUT2D eigenvalue weighted by Crippen LogP contribution is -2.40. The fraction of sp³-hybridized carbons (Fsp3) is 0.435. The Balaban J connectivity index is 1.87. The van der Waals surface area contributed by atoms with Crippen LogP contribution in [0.15, 0.2) is 48.5 Å². The van der Waals surface area contributed by atoms with Crippen LogP contribution in [-0.2, 0) is 16.6 Å². The minimum Gasteiger partial charge on any atom is -0.508 e. The standard InChI is InChI=1S/C23H30N2O2/c1-16-12-20(26)11-10-17(16)13-19(25(3)4)14-23(21(24)27)15-22(23,2)18-8-6-5-7-9-18/h5-12,19,26H,13-15H2,1-4H3,(H2,24,27)/t19-,22?,23?/m0/s1. The number of aromatic hydroxyl groups is 1. The van der Waals surface area contributed by atoms with Crippen molar-refractivity contribution in [2.45, 2.75) is 44.6 Å². The molecule has 3 atom stereocenters. The molecule has 2 aromatic carbocycles.